The lowest BCUT2D eigenvalue weighted by Crippen LogP contribution is -2.52. The lowest BCUT2D eigenvalue weighted by Gasteiger charge is -2.22. The van der Waals surface area contributed by atoms with Gasteiger partial charge in [0, 0.05) is 5.69 Å². The van der Waals surface area contributed by atoms with Crippen LogP contribution in [0.5, 0.6) is 0 Å². The molecule has 0 aliphatic rings. The highest BCUT2D eigenvalue weighted by atomic mass is 16.4. The van der Waals surface area contributed by atoms with Gasteiger partial charge >= 0.3 is 12.0 Å². The number of amides is 3. The van der Waals surface area contributed by atoms with E-state index in [1.807, 2.05) is 13.0 Å². The second-order valence-electron chi connectivity index (χ2n) is 5.40. The first-order valence-electron chi connectivity index (χ1n) is 7.50. The van der Waals surface area contributed by atoms with Gasteiger partial charge in [0.25, 0.3) is 0 Å². The number of carbonyl (C=O) groups is 3. The third-order valence-electron chi connectivity index (χ3n) is 3.55. The van der Waals surface area contributed by atoms with Crippen molar-refractivity contribution in [3.8, 4) is 0 Å². The highest BCUT2D eigenvalue weighted by molar-refractivity contribution is 5.94. The molecule has 0 saturated heterocycles. The van der Waals surface area contributed by atoms with Crippen LogP contribution >= 0.6 is 0 Å². The summed E-state index contributed by atoms with van der Waals surface area (Å²) in [5, 5.41) is 16.7. The fourth-order valence-electron chi connectivity index (χ4n) is 1.91. The van der Waals surface area contributed by atoms with Crippen LogP contribution in [0.25, 0.3) is 0 Å². The van der Waals surface area contributed by atoms with Gasteiger partial charge in [-0.2, -0.15) is 0 Å². The van der Waals surface area contributed by atoms with Gasteiger partial charge in [-0.3, -0.25) is 4.79 Å². The van der Waals surface area contributed by atoms with Crippen molar-refractivity contribution in [3.63, 3.8) is 0 Å². The molecule has 23 heavy (non-hydrogen) atoms. The van der Waals surface area contributed by atoms with Gasteiger partial charge < -0.3 is 21.1 Å². The molecule has 1 unspecified atom stereocenters. The van der Waals surface area contributed by atoms with Crippen molar-refractivity contribution in [1.29, 1.82) is 0 Å². The summed E-state index contributed by atoms with van der Waals surface area (Å²) in [6, 6.07) is 6.43. The smallest absolute Gasteiger partial charge is 0.326 e. The van der Waals surface area contributed by atoms with Gasteiger partial charge in [0.1, 0.15) is 12.1 Å². The molecule has 0 aliphatic heterocycles. The van der Waals surface area contributed by atoms with E-state index < -0.39 is 30.0 Å². The number of rotatable bonds is 7. The zero-order valence-electron chi connectivity index (χ0n) is 13.5. The van der Waals surface area contributed by atoms with Crippen molar-refractivity contribution in [2.24, 2.45) is 5.92 Å². The minimum atomic E-state index is -1.09. The molecule has 0 fully saturated rings. The second-order valence-corrected chi connectivity index (χ2v) is 5.40. The standard InChI is InChI=1S/C16H23N3O4/c1-4-10(2)13(15(21)22)19-14(20)11(3)17-16(23)18-12-8-6-5-7-9-12/h5-11,13H,4H2,1-3H3,(H,19,20)(H,21,22)(H2,17,18,23)/t10-,11?,13-/m0/s1. The van der Waals surface area contributed by atoms with Crippen LogP contribution in [0, 0.1) is 5.92 Å². The Morgan fingerprint density at radius 1 is 1.09 bits per heavy atom. The zero-order chi connectivity index (χ0) is 17.4. The van der Waals surface area contributed by atoms with Crippen molar-refractivity contribution in [1.82, 2.24) is 10.6 Å². The number of benzene rings is 1. The quantitative estimate of drug-likeness (QED) is 0.614. The number of urea groups is 1. The van der Waals surface area contributed by atoms with Crippen LogP contribution in [0.2, 0.25) is 0 Å². The number of para-hydroxylation sites is 1. The predicted octanol–water partition coefficient (Wildman–Crippen LogP) is 1.81. The summed E-state index contributed by atoms with van der Waals surface area (Å²) in [6.45, 7) is 5.09. The molecule has 0 spiro atoms. The van der Waals surface area contributed by atoms with Crippen LogP contribution in [-0.4, -0.2) is 35.1 Å². The largest absolute Gasteiger partial charge is 0.480 e. The molecule has 0 heterocycles. The third-order valence-corrected chi connectivity index (χ3v) is 3.55. The normalized spacial score (nSPS) is 14.2. The van der Waals surface area contributed by atoms with Gasteiger partial charge in [0.05, 0.1) is 0 Å². The minimum absolute atomic E-state index is 0.207. The lowest BCUT2D eigenvalue weighted by atomic mass is 9.99. The van der Waals surface area contributed by atoms with Crippen LogP contribution in [-0.2, 0) is 9.59 Å². The van der Waals surface area contributed by atoms with E-state index in [0.717, 1.165) is 0 Å². The first-order chi connectivity index (χ1) is 10.8. The van der Waals surface area contributed by atoms with Crippen molar-refractivity contribution in [2.75, 3.05) is 5.32 Å². The minimum Gasteiger partial charge on any atom is -0.480 e. The average Bonchev–Trinajstić information content (AvgIpc) is 2.52. The van der Waals surface area contributed by atoms with E-state index in [9.17, 15) is 14.4 Å². The summed E-state index contributed by atoms with van der Waals surface area (Å²) >= 11 is 0. The number of hydrogen-bond acceptors (Lipinski definition) is 3. The van der Waals surface area contributed by atoms with Crippen molar-refractivity contribution in [3.05, 3.63) is 30.3 Å². The maximum Gasteiger partial charge on any atom is 0.326 e. The fourth-order valence-corrected chi connectivity index (χ4v) is 1.91. The number of carboxylic acid groups (broad SMARTS) is 1. The van der Waals surface area contributed by atoms with E-state index in [1.165, 1.54) is 6.92 Å². The Balaban J connectivity index is 2.55. The van der Waals surface area contributed by atoms with E-state index in [2.05, 4.69) is 16.0 Å². The number of carboxylic acids is 1. The molecule has 3 atom stereocenters. The van der Waals surface area contributed by atoms with Crippen molar-refractivity contribution >= 4 is 23.6 Å². The summed E-state index contributed by atoms with van der Waals surface area (Å²) < 4.78 is 0. The molecular formula is C16H23N3O4. The summed E-state index contributed by atoms with van der Waals surface area (Å²) in [6.07, 6.45) is 0.619. The van der Waals surface area contributed by atoms with Gasteiger partial charge in [0.2, 0.25) is 5.91 Å². The Labute approximate surface area is 135 Å². The molecule has 7 heteroatoms. The Hall–Kier alpha value is -2.57. The molecule has 0 radical (unpaired) electrons. The van der Waals surface area contributed by atoms with Gasteiger partial charge in [-0.15, -0.1) is 0 Å². The Morgan fingerprint density at radius 3 is 2.22 bits per heavy atom. The van der Waals surface area contributed by atoms with Crippen LogP contribution in [0.4, 0.5) is 10.5 Å². The van der Waals surface area contributed by atoms with E-state index in [1.54, 1.807) is 31.2 Å². The predicted molar refractivity (Wildman–Crippen MR) is 87.1 cm³/mol. The molecule has 3 amide bonds. The number of carbonyl (C=O) groups excluding carboxylic acids is 2. The molecule has 1 aromatic rings. The molecule has 1 aromatic carbocycles. The van der Waals surface area contributed by atoms with Gasteiger partial charge in [-0.05, 0) is 25.0 Å². The Morgan fingerprint density at radius 2 is 1.70 bits per heavy atom. The molecule has 0 aliphatic carbocycles. The molecule has 4 N–H and O–H groups in total. The van der Waals surface area contributed by atoms with Gasteiger partial charge in [-0.25, -0.2) is 9.59 Å². The molecule has 0 aromatic heterocycles. The third kappa shape index (κ3) is 5.98. The summed E-state index contributed by atoms with van der Waals surface area (Å²) in [4.78, 5) is 35.1. The molecular weight excluding hydrogens is 298 g/mol. The molecule has 0 bridgehead atoms. The Kier molecular flexibility index (Phi) is 7.05. The van der Waals surface area contributed by atoms with Crippen molar-refractivity contribution < 1.29 is 19.5 Å². The monoisotopic (exact) mass is 321 g/mol. The number of hydrogen-bond donors (Lipinski definition) is 4. The number of aliphatic carboxylic acids is 1. The Bertz CT molecular complexity index is 548. The maximum atomic E-state index is 12.0. The lowest BCUT2D eigenvalue weighted by molar-refractivity contribution is -0.143. The SMILES string of the molecule is CC[C@H](C)[C@H](NC(=O)C(C)NC(=O)Nc1ccccc1)C(=O)O. The van der Waals surface area contributed by atoms with E-state index in [-0.39, 0.29) is 5.92 Å². The molecule has 1 rings (SSSR count). The van der Waals surface area contributed by atoms with Crippen LogP contribution < -0.4 is 16.0 Å². The molecule has 0 saturated carbocycles. The number of anilines is 1. The fraction of sp³-hybridized carbons (Fsp3) is 0.438. The molecule has 126 valence electrons. The van der Waals surface area contributed by atoms with Crippen LogP contribution in [0.15, 0.2) is 30.3 Å². The van der Waals surface area contributed by atoms with Crippen LogP contribution in [0.1, 0.15) is 27.2 Å². The average molecular weight is 321 g/mol. The first kappa shape index (κ1) is 18.5. The van der Waals surface area contributed by atoms with E-state index >= 15 is 0 Å². The zero-order valence-corrected chi connectivity index (χ0v) is 13.5. The maximum absolute atomic E-state index is 12.0. The highest BCUT2D eigenvalue weighted by Gasteiger charge is 2.27. The first-order valence-corrected chi connectivity index (χ1v) is 7.50. The molecule has 7 nitrogen and oxygen atoms in total. The summed E-state index contributed by atoms with van der Waals surface area (Å²) in [7, 11) is 0. The van der Waals surface area contributed by atoms with Gasteiger partial charge in [-0.1, -0.05) is 38.5 Å². The number of nitrogens with one attached hydrogen (secondary N) is 3. The van der Waals surface area contributed by atoms with Crippen molar-refractivity contribution in [2.45, 2.75) is 39.3 Å². The van der Waals surface area contributed by atoms with Crippen LogP contribution in [0.3, 0.4) is 0 Å². The van der Waals surface area contributed by atoms with Gasteiger partial charge in [0.15, 0.2) is 0 Å². The highest BCUT2D eigenvalue weighted by Crippen LogP contribution is 2.08. The topological polar surface area (TPSA) is 108 Å². The van der Waals surface area contributed by atoms with E-state index in [0.29, 0.717) is 12.1 Å². The summed E-state index contributed by atoms with van der Waals surface area (Å²) in [5.41, 5.74) is 0.598. The summed E-state index contributed by atoms with van der Waals surface area (Å²) in [5.74, 6) is -1.84. The second kappa shape index (κ2) is 8.77. The van der Waals surface area contributed by atoms with E-state index in [4.69, 9.17) is 5.11 Å².